The fraction of sp³-hybridized carbons (Fsp3) is 0.0938. The topological polar surface area (TPSA) is 12.9 Å². The molecule has 0 amide bonds. The number of pyridine rings is 1. The molecule has 0 N–H and O–H groups in total. The van der Waals surface area contributed by atoms with E-state index in [1.165, 1.54) is 42.4 Å². The van der Waals surface area contributed by atoms with Crippen molar-refractivity contribution in [2.45, 2.75) is 19.7 Å². The molecule has 0 saturated carbocycles. The summed E-state index contributed by atoms with van der Waals surface area (Å²) in [5.41, 5.74) is 7.93. The van der Waals surface area contributed by atoms with E-state index in [1.807, 2.05) is 43.5 Å². The largest absolute Gasteiger partial charge is 0.256 e. The molecule has 0 unspecified atom stereocenters. The minimum Gasteiger partial charge on any atom is -0.256 e. The van der Waals surface area contributed by atoms with Crippen molar-refractivity contribution in [3.05, 3.63) is 115 Å². The molecular formula is C32H25NS. The molecule has 0 aliphatic carbocycles. The first-order valence-electron chi connectivity index (χ1n) is 12.1. The number of benzene rings is 4. The molecule has 0 aliphatic rings. The van der Waals surface area contributed by atoms with E-state index in [2.05, 4.69) is 96.0 Å². The van der Waals surface area contributed by atoms with Gasteiger partial charge in [0.1, 0.15) is 0 Å². The van der Waals surface area contributed by atoms with Crippen LogP contribution in [0.4, 0.5) is 0 Å². The third-order valence-electron chi connectivity index (χ3n) is 6.43. The first-order chi connectivity index (χ1) is 17.0. The van der Waals surface area contributed by atoms with Gasteiger partial charge in [-0.3, -0.25) is 4.98 Å². The van der Waals surface area contributed by atoms with Crippen molar-refractivity contribution in [3.8, 4) is 33.5 Å². The van der Waals surface area contributed by atoms with E-state index < -0.39 is 5.89 Å². The first-order valence-corrected chi connectivity index (χ1v) is 12.4. The summed E-state index contributed by atoms with van der Waals surface area (Å²) < 4.78 is 10.9. The summed E-state index contributed by atoms with van der Waals surface area (Å²) in [6.45, 7) is 3.82. The van der Waals surface area contributed by atoms with Crippen molar-refractivity contribution >= 4 is 31.5 Å². The van der Waals surface area contributed by atoms with Crippen LogP contribution >= 0.6 is 11.3 Å². The van der Waals surface area contributed by atoms with E-state index in [-0.39, 0.29) is 0 Å². The normalized spacial score (nSPS) is 12.2. The second-order valence-electron chi connectivity index (χ2n) is 8.87. The van der Waals surface area contributed by atoms with Crippen molar-refractivity contribution in [2.24, 2.45) is 0 Å². The molecule has 0 radical (unpaired) electrons. The van der Waals surface area contributed by atoms with Crippen molar-refractivity contribution in [3.63, 3.8) is 0 Å². The second-order valence-corrected chi connectivity index (χ2v) is 9.92. The van der Waals surface area contributed by atoms with Gasteiger partial charge in [-0.1, -0.05) is 98.8 Å². The molecule has 6 rings (SSSR count). The number of fused-ring (bicyclic) bond motifs is 3. The lowest BCUT2D eigenvalue weighted by Gasteiger charge is -2.07. The van der Waals surface area contributed by atoms with Gasteiger partial charge in [-0.2, -0.15) is 0 Å². The highest BCUT2D eigenvalue weighted by atomic mass is 32.1. The molecule has 2 aromatic heterocycles. The number of thiophene rings is 1. The molecule has 4 aromatic carbocycles. The van der Waals surface area contributed by atoms with Gasteiger partial charge >= 0.3 is 0 Å². The van der Waals surface area contributed by atoms with Crippen LogP contribution < -0.4 is 0 Å². The Morgan fingerprint density at radius 1 is 0.676 bits per heavy atom. The van der Waals surface area contributed by atoms with E-state index in [0.717, 1.165) is 16.8 Å². The summed E-state index contributed by atoms with van der Waals surface area (Å²) >= 11 is 1.84. The van der Waals surface area contributed by atoms with Crippen LogP contribution in [0.2, 0.25) is 0 Å². The minimum absolute atomic E-state index is 0.648. The van der Waals surface area contributed by atoms with Crippen molar-refractivity contribution in [1.29, 1.82) is 0 Å². The quantitative estimate of drug-likeness (QED) is 0.257. The molecule has 34 heavy (non-hydrogen) atoms. The van der Waals surface area contributed by atoms with Crippen LogP contribution in [-0.4, -0.2) is 4.98 Å². The number of rotatable bonds is 4. The highest BCUT2D eigenvalue weighted by Gasteiger charge is 2.12. The van der Waals surface area contributed by atoms with Crippen LogP contribution in [0.15, 0.2) is 109 Å². The van der Waals surface area contributed by atoms with Crippen molar-refractivity contribution in [2.75, 3.05) is 0 Å². The maximum atomic E-state index is 8.38. The molecule has 2 heteroatoms. The van der Waals surface area contributed by atoms with E-state index in [9.17, 15) is 0 Å². The third-order valence-corrected chi connectivity index (χ3v) is 7.64. The van der Waals surface area contributed by atoms with Crippen LogP contribution in [0, 0.1) is 0 Å². The Morgan fingerprint density at radius 3 is 2.21 bits per heavy atom. The standard InChI is InChI=1S/C32H25NS/c1-21(2)25-17-18-33-30(19-25)26-15-16-28-29-10-6-9-27(32(29)34-31(28)20-26)24-13-11-23(12-14-24)22-7-4-3-5-8-22/h3-21H,1-2H3/i21D. The summed E-state index contributed by atoms with van der Waals surface area (Å²) in [5, 5.41) is 2.56. The molecule has 2 heterocycles. The van der Waals surface area contributed by atoms with Gasteiger partial charge in [0.15, 0.2) is 0 Å². The molecule has 0 spiro atoms. The summed E-state index contributed by atoms with van der Waals surface area (Å²) in [4.78, 5) is 4.60. The average Bonchev–Trinajstić information content (AvgIpc) is 3.27. The molecule has 0 atom stereocenters. The molecule has 6 aromatic rings. The summed E-state index contributed by atoms with van der Waals surface area (Å²) in [7, 11) is 0. The Bertz CT molecular complexity index is 1660. The summed E-state index contributed by atoms with van der Waals surface area (Å²) in [6, 6.07) is 36.6. The zero-order valence-electron chi connectivity index (χ0n) is 20.2. The van der Waals surface area contributed by atoms with Crippen LogP contribution in [0.1, 0.15) is 26.7 Å². The van der Waals surface area contributed by atoms with Gasteiger partial charge in [0.25, 0.3) is 0 Å². The van der Waals surface area contributed by atoms with E-state index in [1.54, 1.807) is 0 Å². The molecule has 0 bridgehead atoms. The highest BCUT2D eigenvalue weighted by molar-refractivity contribution is 7.26. The Kier molecular flexibility index (Phi) is 4.95. The SMILES string of the molecule is [2H]C(C)(C)c1ccnc(-c2ccc3c(c2)sc2c(-c4ccc(-c5ccccc5)cc4)cccc23)c1. The van der Waals surface area contributed by atoms with Crippen molar-refractivity contribution in [1.82, 2.24) is 4.98 Å². The molecule has 0 saturated heterocycles. The first kappa shape index (κ1) is 19.7. The molecule has 0 aliphatic heterocycles. The van der Waals surface area contributed by atoms with E-state index in [0.29, 0.717) is 0 Å². The zero-order chi connectivity index (χ0) is 24.0. The van der Waals surface area contributed by atoms with Crippen LogP contribution in [0.3, 0.4) is 0 Å². The molecule has 1 nitrogen and oxygen atoms in total. The van der Waals surface area contributed by atoms with Crippen molar-refractivity contribution < 1.29 is 1.37 Å². The van der Waals surface area contributed by atoms with Crippen LogP contribution in [0.25, 0.3) is 53.7 Å². The number of aromatic nitrogens is 1. The van der Waals surface area contributed by atoms with Gasteiger partial charge in [0.05, 0.1) is 5.69 Å². The molecular weight excluding hydrogens is 430 g/mol. The van der Waals surface area contributed by atoms with Crippen LogP contribution in [0.5, 0.6) is 0 Å². The number of nitrogens with zero attached hydrogens (tertiary/aromatic N) is 1. The van der Waals surface area contributed by atoms with Gasteiger partial charge in [0, 0.05) is 33.3 Å². The van der Waals surface area contributed by atoms with Gasteiger partial charge in [0.2, 0.25) is 0 Å². The Labute approximate surface area is 205 Å². The highest BCUT2D eigenvalue weighted by Crippen LogP contribution is 2.41. The van der Waals surface area contributed by atoms with Gasteiger partial charge < -0.3 is 0 Å². The predicted molar refractivity (Wildman–Crippen MR) is 148 cm³/mol. The van der Waals surface area contributed by atoms with Gasteiger partial charge in [-0.15, -0.1) is 11.3 Å². The van der Waals surface area contributed by atoms with Gasteiger partial charge in [-0.25, -0.2) is 0 Å². The average molecular weight is 457 g/mol. The predicted octanol–water partition coefficient (Wildman–Crippen LogP) is 9.57. The van der Waals surface area contributed by atoms with Crippen LogP contribution in [-0.2, 0) is 0 Å². The fourth-order valence-corrected chi connectivity index (χ4v) is 5.83. The summed E-state index contributed by atoms with van der Waals surface area (Å²) in [6.07, 6.45) is 1.81. The third kappa shape index (κ3) is 3.70. The minimum atomic E-state index is -0.648. The fourth-order valence-electron chi connectivity index (χ4n) is 4.56. The lowest BCUT2D eigenvalue weighted by atomic mass is 9.98. The van der Waals surface area contributed by atoms with E-state index >= 15 is 0 Å². The number of hydrogen-bond donors (Lipinski definition) is 0. The van der Waals surface area contributed by atoms with Gasteiger partial charge in [-0.05, 0) is 51.9 Å². The Morgan fingerprint density at radius 2 is 1.41 bits per heavy atom. The molecule has 164 valence electrons. The smallest absolute Gasteiger partial charge is 0.0705 e. The maximum Gasteiger partial charge on any atom is 0.0705 e. The lowest BCUT2D eigenvalue weighted by Crippen LogP contribution is -1.90. The Balaban J connectivity index is 1.43. The monoisotopic (exact) mass is 456 g/mol. The summed E-state index contributed by atoms with van der Waals surface area (Å²) in [5.74, 6) is -0.648. The number of hydrogen-bond acceptors (Lipinski definition) is 2. The Hall–Kier alpha value is -3.75. The van der Waals surface area contributed by atoms with E-state index in [4.69, 9.17) is 1.37 Å². The maximum absolute atomic E-state index is 8.38. The lowest BCUT2D eigenvalue weighted by molar-refractivity contribution is 0.864. The zero-order valence-corrected chi connectivity index (χ0v) is 20.1. The molecule has 0 fully saturated rings. The second kappa shape index (κ2) is 8.55.